The Balaban J connectivity index is 0.000000478. The number of terminal acetylenes is 2. The molecule has 0 spiro atoms. The topological polar surface area (TPSA) is 226 Å². The number of nitrogens with zero attached hydrogens (tertiary/aromatic N) is 2. The highest BCUT2D eigenvalue weighted by atomic mass is 35.5. The number of amides is 2. The molecule has 14 nitrogen and oxygen atoms in total. The Morgan fingerprint density at radius 1 is 0.948 bits per heavy atom. The number of fused-ring (bicyclic) bond motifs is 2. The Morgan fingerprint density at radius 3 is 2.04 bits per heavy atom. The summed E-state index contributed by atoms with van der Waals surface area (Å²) in [5.74, 6) is 5.24. The molecule has 2 amide bonds. The third-order valence-electron chi connectivity index (χ3n) is 11.9. The van der Waals surface area contributed by atoms with Crippen molar-refractivity contribution in [1.82, 2.24) is 25.1 Å². The van der Waals surface area contributed by atoms with E-state index in [0.717, 1.165) is 40.0 Å². The number of aliphatic hydroxyl groups excluding tert-OH is 3. The van der Waals surface area contributed by atoms with E-state index in [-0.39, 0.29) is 55.6 Å². The van der Waals surface area contributed by atoms with E-state index in [2.05, 4.69) is 70.7 Å². The fraction of sp³-hybridized carbons (Fsp3) is 0.500. The van der Waals surface area contributed by atoms with Crippen molar-refractivity contribution in [2.75, 3.05) is 45.3 Å². The van der Waals surface area contributed by atoms with Crippen molar-refractivity contribution in [2.24, 2.45) is 29.2 Å². The first-order chi connectivity index (χ1) is 36.3. The second-order valence-corrected chi connectivity index (χ2v) is 21.0. The van der Waals surface area contributed by atoms with Crippen molar-refractivity contribution in [1.29, 1.82) is 0 Å². The maximum absolute atomic E-state index is 13.6. The number of carbonyl (C=O) groups is 3. The van der Waals surface area contributed by atoms with Gasteiger partial charge < -0.3 is 52.3 Å². The van der Waals surface area contributed by atoms with Crippen LogP contribution in [-0.2, 0) is 9.59 Å². The SMILES string of the molecule is C#CC1CC(C)CN1C(=O)C1CC1(C)F.C#CC1CC(CO)CN1C(C)O.CC(CC(C)(C)F)NCC(=O)c1cc2c(Cl)cc(Cl)cc2[nH]1.CCC.CN.Cc1cc2ccc(Cl)cc2[nH]1.NCO.O=CNc1ccccc1. The highest BCUT2D eigenvalue weighted by Crippen LogP contribution is 2.48. The van der Waals surface area contributed by atoms with Crippen LogP contribution in [0.4, 0.5) is 14.5 Å². The number of rotatable bonds is 11. The Morgan fingerprint density at radius 2 is 1.53 bits per heavy atom. The number of nitrogens with two attached hydrogens (primary N) is 2. The lowest BCUT2D eigenvalue weighted by Gasteiger charge is -2.23. The van der Waals surface area contributed by atoms with Crippen molar-refractivity contribution >= 4 is 80.4 Å². The Labute approximate surface area is 470 Å². The standard InChI is InChI=1S/C16H19Cl2FN2O.C12H16FNO.C9H8ClN.C9H15NO2.C7H7NO.C3H8.CH5NO.CH5N/c1-9(7-16(2,3)19)20-8-15(22)14-6-11-12(18)4-10(17)5-13(11)21-14;1-4-9-5-8(2)7-14(9)11(15)10-6-12(10,3)13;1-6-4-7-2-3-8(10)5-9(7)11-6;1-3-9-4-8(6-11)5-10(9)7(2)12;9-6-8-7-4-2-1-3-5-7;1-3-2;2-1-3;1-2/h4-6,9,20-21H,7-8H2,1-3H3;1,8-10H,5-7H2,2-3H3;2-5,11H,1H3;1,7-9,11-12H,4-6H2,2H3;1-6H,(H,8,9);3H2,1-2H3;3H,1-2H2;2H2,1H3. The average Bonchev–Trinajstić information content (AvgIpc) is 3.92. The summed E-state index contributed by atoms with van der Waals surface area (Å²) < 4.78 is 26.9. The number of Topliss-reactive ketones (excluding diaryl/α,β-unsaturated/α-hetero) is 1. The molecule has 8 atom stereocenters. The molecule has 0 radical (unpaired) electrons. The van der Waals surface area contributed by atoms with E-state index in [4.69, 9.17) is 57.9 Å². The lowest BCUT2D eigenvalue weighted by atomic mass is 10.0. The Hall–Kier alpha value is -5.08. The molecule has 3 fully saturated rings. The van der Waals surface area contributed by atoms with Crippen molar-refractivity contribution in [3.63, 3.8) is 0 Å². The number of aromatic amines is 2. The molecule has 11 N–H and O–H groups in total. The molecule has 8 rings (SSSR count). The fourth-order valence-corrected chi connectivity index (χ4v) is 9.03. The van der Waals surface area contributed by atoms with Gasteiger partial charge >= 0.3 is 0 Å². The van der Waals surface area contributed by atoms with Crippen LogP contribution < -0.4 is 22.1 Å². The van der Waals surface area contributed by atoms with Gasteiger partial charge in [0.15, 0.2) is 5.78 Å². The van der Waals surface area contributed by atoms with Gasteiger partial charge in [0.2, 0.25) is 12.3 Å². The van der Waals surface area contributed by atoms with Gasteiger partial charge in [-0.1, -0.05) is 98.1 Å². The predicted molar refractivity (Wildman–Crippen MR) is 313 cm³/mol. The van der Waals surface area contributed by atoms with Crippen molar-refractivity contribution in [3.05, 3.63) is 99.3 Å². The molecular weight excluding hydrogens is 1050 g/mol. The molecule has 1 saturated carbocycles. The van der Waals surface area contributed by atoms with Gasteiger partial charge in [0.1, 0.15) is 17.6 Å². The second-order valence-electron chi connectivity index (χ2n) is 19.7. The van der Waals surface area contributed by atoms with Gasteiger partial charge in [-0.05, 0) is 140 Å². The summed E-state index contributed by atoms with van der Waals surface area (Å²) in [4.78, 5) is 43.8. The summed E-state index contributed by atoms with van der Waals surface area (Å²) in [5, 5.41) is 34.9. The first-order valence-electron chi connectivity index (χ1n) is 25.6. The van der Waals surface area contributed by atoms with Gasteiger partial charge in [-0.25, -0.2) is 8.78 Å². The monoisotopic (exact) mass is 1130 g/mol. The first kappa shape index (κ1) is 69.9. The van der Waals surface area contributed by atoms with E-state index >= 15 is 0 Å². The number of halogens is 5. The van der Waals surface area contributed by atoms with Crippen LogP contribution in [0.1, 0.15) is 104 Å². The molecule has 77 heavy (non-hydrogen) atoms. The Kier molecular flexibility index (Phi) is 32.2. The molecule has 2 aromatic heterocycles. The lowest BCUT2D eigenvalue weighted by molar-refractivity contribution is -0.133. The molecular formula is C58H83Cl3F2N8O6. The fourth-order valence-electron chi connectivity index (χ4n) is 8.31. The normalized spacial score (nSPS) is 20.6. The van der Waals surface area contributed by atoms with Gasteiger partial charge in [-0.15, -0.1) is 12.8 Å². The molecule has 3 aromatic carbocycles. The summed E-state index contributed by atoms with van der Waals surface area (Å²) in [5.41, 5.74) is 10.6. The van der Waals surface area contributed by atoms with Crippen LogP contribution in [0.5, 0.6) is 0 Å². The number of para-hydroxylation sites is 1. The van der Waals surface area contributed by atoms with Crippen molar-refractivity contribution in [2.45, 2.75) is 130 Å². The molecule has 5 aromatic rings. The highest BCUT2D eigenvalue weighted by Gasteiger charge is 2.58. The lowest BCUT2D eigenvalue weighted by Crippen LogP contribution is -2.37. The van der Waals surface area contributed by atoms with Crippen molar-refractivity contribution < 1.29 is 38.5 Å². The summed E-state index contributed by atoms with van der Waals surface area (Å²) in [6, 6.07) is 22.1. The zero-order chi connectivity index (χ0) is 58.6. The molecule has 426 valence electrons. The quantitative estimate of drug-likeness (QED) is 0.0263. The summed E-state index contributed by atoms with van der Waals surface area (Å²) in [7, 11) is 1.50. The van der Waals surface area contributed by atoms with E-state index in [1.54, 1.807) is 30.0 Å². The number of anilines is 1. The molecule has 3 aliphatic rings. The van der Waals surface area contributed by atoms with Gasteiger partial charge in [0.25, 0.3) is 0 Å². The zero-order valence-corrected chi connectivity index (χ0v) is 48.5. The number of nitrogens with one attached hydrogen (secondary N) is 4. The van der Waals surface area contributed by atoms with E-state index in [1.165, 1.54) is 45.3 Å². The smallest absolute Gasteiger partial charge is 0.230 e. The van der Waals surface area contributed by atoms with Crippen LogP contribution >= 0.6 is 34.8 Å². The van der Waals surface area contributed by atoms with Gasteiger partial charge in [-0.3, -0.25) is 19.3 Å². The summed E-state index contributed by atoms with van der Waals surface area (Å²) in [6.45, 7) is 17.9. The number of aliphatic hydroxyl groups is 3. The average molecular weight is 1130 g/mol. The minimum atomic E-state index is -1.29. The first-order valence-corrected chi connectivity index (χ1v) is 26.7. The number of hydrogen-bond donors (Lipinski definition) is 9. The minimum Gasteiger partial charge on any atom is -0.396 e. The van der Waals surface area contributed by atoms with E-state index in [0.29, 0.717) is 54.0 Å². The van der Waals surface area contributed by atoms with Gasteiger partial charge in [0, 0.05) is 63.6 Å². The number of aromatic nitrogens is 2. The van der Waals surface area contributed by atoms with Gasteiger partial charge in [-0.2, -0.15) is 0 Å². The van der Waals surface area contributed by atoms with E-state index in [1.807, 2.05) is 67.3 Å². The van der Waals surface area contributed by atoms with E-state index < -0.39 is 23.5 Å². The maximum atomic E-state index is 13.6. The number of aryl methyl sites for hydroxylation is 1. The van der Waals surface area contributed by atoms with Crippen molar-refractivity contribution in [3.8, 4) is 24.7 Å². The Bertz CT molecular complexity index is 2610. The number of H-pyrrole nitrogens is 2. The van der Waals surface area contributed by atoms with Crippen LogP contribution in [0, 0.1) is 49.4 Å². The number of benzene rings is 3. The number of hydrogen-bond acceptors (Lipinski definition) is 10. The predicted octanol–water partition coefficient (Wildman–Crippen LogP) is 10.3. The molecule has 8 unspecified atom stereocenters. The molecule has 4 heterocycles. The number of likely N-dealkylation sites (tertiary alicyclic amines) is 2. The van der Waals surface area contributed by atoms with E-state index in [9.17, 15) is 28.3 Å². The zero-order valence-electron chi connectivity index (χ0n) is 46.3. The molecule has 2 aliphatic heterocycles. The second kappa shape index (κ2) is 35.4. The third kappa shape index (κ3) is 25.1. The van der Waals surface area contributed by atoms with Gasteiger partial charge in [0.05, 0.1) is 42.0 Å². The minimum absolute atomic E-state index is 0.0119. The highest BCUT2D eigenvalue weighted by molar-refractivity contribution is 6.38. The maximum Gasteiger partial charge on any atom is 0.230 e. The van der Waals surface area contributed by atoms with Crippen LogP contribution in [0.15, 0.2) is 72.8 Å². The van der Waals surface area contributed by atoms with Crippen LogP contribution in [-0.4, -0.2) is 129 Å². The molecule has 2 saturated heterocycles. The third-order valence-corrected chi connectivity index (χ3v) is 12.6. The number of alkyl halides is 2. The summed E-state index contributed by atoms with van der Waals surface area (Å²) in [6.07, 6.45) is 14.4. The van der Waals surface area contributed by atoms with Crippen LogP contribution in [0.2, 0.25) is 15.1 Å². The molecule has 0 bridgehead atoms. The van der Waals surface area contributed by atoms with Crippen LogP contribution in [0.3, 0.4) is 0 Å². The number of ketones is 1. The largest absolute Gasteiger partial charge is 0.396 e. The number of carbonyl (C=O) groups excluding carboxylic acids is 3. The summed E-state index contributed by atoms with van der Waals surface area (Å²) >= 11 is 17.9. The molecule has 19 heteroatoms. The molecule has 1 aliphatic carbocycles. The van der Waals surface area contributed by atoms with Crippen LogP contribution in [0.25, 0.3) is 21.8 Å².